The van der Waals surface area contributed by atoms with Crippen molar-refractivity contribution in [3.63, 3.8) is 0 Å². The van der Waals surface area contributed by atoms with E-state index in [1.54, 1.807) is 18.1 Å². The van der Waals surface area contributed by atoms with Gasteiger partial charge in [0.15, 0.2) is 0 Å². The fourth-order valence-corrected chi connectivity index (χ4v) is 10.3. The van der Waals surface area contributed by atoms with E-state index < -0.39 is 0 Å². The topological polar surface area (TPSA) is 26.3 Å². The highest BCUT2D eigenvalue weighted by Gasteiger charge is 2.65. The molecule has 5 aliphatic rings. The lowest BCUT2D eigenvalue weighted by Crippen LogP contribution is -2.61. The first-order valence-electron chi connectivity index (χ1n) is 14.0. The normalized spacial score (nSPS) is 49.5. The standard InChI is InChI=1S/C32H48O2/c1-19-18-20(2)23-12-16-31(8)24(28(23)21(19)3)10-11-26-30(7)15-14-27(34-22(4)33)29(5,6)25(30)13-17-32(26,31)9/h10,13,20-21,23,26-28H,1,11-12,14-18H2,2-9H3/t20-,21-,23-,26+,27-,28+,30+,31-,32-/m1/s1. The van der Waals surface area contributed by atoms with Crippen molar-refractivity contribution in [2.75, 3.05) is 0 Å². The number of carbonyl (C=O) groups is 1. The molecular weight excluding hydrogens is 416 g/mol. The average molecular weight is 465 g/mol. The third-order valence-electron chi connectivity index (χ3n) is 12.4. The van der Waals surface area contributed by atoms with Crippen molar-refractivity contribution >= 4 is 5.97 Å². The fourth-order valence-electron chi connectivity index (χ4n) is 10.3. The molecule has 9 atom stereocenters. The molecule has 0 unspecified atom stereocenters. The molecular formula is C32H48O2. The molecule has 0 aliphatic heterocycles. The molecule has 0 N–H and O–H groups in total. The summed E-state index contributed by atoms with van der Waals surface area (Å²) in [4.78, 5) is 11.9. The van der Waals surface area contributed by atoms with Crippen molar-refractivity contribution in [1.29, 1.82) is 0 Å². The van der Waals surface area contributed by atoms with Crippen molar-refractivity contribution in [3.8, 4) is 0 Å². The third-order valence-corrected chi connectivity index (χ3v) is 12.4. The maximum absolute atomic E-state index is 11.9. The second-order valence-corrected chi connectivity index (χ2v) is 14.2. The molecule has 0 aromatic rings. The Balaban J connectivity index is 1.56. The van der Waals surface area contributed by atoms with Crippen LogP contribution in [-0.4, -0.2) is 12.1 Å². The molecule has 3 saturated carbocycles. The van der Waals surface area contributed by atoms with Crippen LogP contribution in [0.3, 0.4) is 0 Å². The van der Waals surface area contributed by atoms with Crippen molar-refractivity contribution < 1.29 is 9.53 Å². The summed E-state index contributed by atoms with van der Waals surface area (Å²) in [7, 11) is 0. The lowest BCUT2D eigenvalue weighted by Gasteiger charge is -2.68. The molecule has 0 amide bonds. The third kappa shape index (κ3) is 3.02. The molecule has 0 spiro atoms. The van der Waals surface area contributed by atoms with E-state index in [0.717, 1.165) is 31.1 Å². The second-order valence-electron chi connectivity index (χ2n) is 14.2. The Morgan fingerprint density at radius 2 is 1.76 bits per heavy atom. The van der Waals surface area contributed by atoms with Gasteiger partial charge in [0, 0.05) is 12.3 Å². The Morgan fingerprint density at radius 3 is 2.44 bits per heavy atom. The van der Waals surface area contributed by atoms with Crippen LogP contribution in [0.4, 0.5) is 0 Å². The molecule has 2 heteroatoms. The van der Waals surface area contributed by atoms with Gasteiger partial charge in [-0.3, -0.25) is 4.79 Å². The number of esters is 1. The number of rotatable bonds is 1. The summed E-state index contributed by atoms with van der Waals surface area (Å²) in [5.74, 6) is 3.37. The van der Waals surface area contributed by atoms with Crippen LogP contribution in [0.5, 0.6) is 0 Å². The summed E-state index contributed by atoms with van der Waals surface area (Å²) in [5, 5.41) is 0. The zero-order valence-electron chi connectivity index (χ0n) is 23.1. The van der Waals surface area contributed by atoms with E-state index in [9.17, 15) is 4.79 Å². The first-order chi connectivity index (χ1) is 15.8. The molecule has 5 aliphatic carbocycles. The summed E-state index contributed by atoms with van der Waals surface area (Å²) in [6.45, 7) is 23.5. The van der Waals surface area contributed by atoms with Crippen LogP contribution in [0.2, 0.25) is 0 Å². The van der Waals surface area contributed by atoms with Crippen molar-refractivity contribution in [3.05, 3.63) is 35.5 Å². The molecule has 0 radical (unpaired) electrons. The quantitative estimate of drug-likeness (QED) is 0.288. The van der Waals surface area contributed by atoms with E-state index in [1.165, 1.54) is 31.3 Å². The van der Waals surface area contributed by atoms with Crippen molar-refractivity contribution in [1.82, 2.24) is 0 Å². The maximum Gasteiger partial charge on any atom is 0.302 e. The lowest BCUT2D eigenvalue weighted by molar-refractivity contribution is -0.158. The van der Waals surface area contributed by atoms with Gasteiger partial charge in [-0.2, -0.15) is 0 Å². The first kappa shape index (κ1) is 24.4. The van der Waals surface area contributed by atoms with Gasteiger partial charge in [0.2, 0.25) is 0 Å². The molecule has 0 aromatic heterocycles. The molecule has 3 fully saturated rings. The Kier molecular flexibility index (Phi) is 5.45. The van der Waals surface area contributed by atoms with E-state index >= 15 is 0 Å². The fraction of sp³-hybridized carbons (Fsp3) is 0.781. The van der Waals surface area contributed by atoms with Gasteiger partial charge in [-0.05, 0) is 90.8 Å². The van der Waals surface area contributed by atoms with Gasteiger partial charge in [-0.25, -0.2) is 0 Å². The van der Waals surface area contributed by atoms with Crippen LogP contribution in [0.1, 0.15) is 100 Å². The molecule has 0 heterocycles. The zero-order chi connectivity index (χ0) is 24.8. The monoisotopic (exact) mass is 464 g/mol. The molecule has 2 nitrogen and oxygen atoms in total. The Bertz CT molecular complexity index is 967. The summed E-state index contributed by atoms with van der Waals surface area (Å²) in [5.41, 5.74) is 5.42. The maximum atomic E-state index is 11.9. The molecule has 0 bridgehead atoms. The Hall–Kier alpha value is -1.31. The molecule has 34 heavy (non-hydrogen) atoms. The predicted octanol–water partition coefficient (Wildman–Crippen LogP) is 8.29. The number of hydrogen-bond acceptors (Lipinski definition) is 2. The van der Waals surface area contributed by atoms with Crippen molar-refractivity contribution in [2.24, 2.45) is 51.2 Å². The highest BCUT2D eigenvalue weighted by molar-refractivity contribution is 5.66. The Labute approximate surface area is 208 Å². The highest BCUT2D eigenvalue weighted by Crippen LogP contribution is 2.73. The Morgan fingerprint density at radius 1 is 1.06 bits per heavy atom. The molecule has 0 saturated heterocycles. The van der Waals surface area contributed by atoms with Gasteiger partial charge in [0.25, 0.3) is 0 Å². The molecule has 188 valence electrons. The number of allylic oxidation sites excluding steroid dienone is 4. The predicted molar refractivity (Wildman–Crippen MR) is 140 cm³/mol. The van der Waals surface area contributed by atoms with Gasteiger partial charge < -0.3 is 4.74 Å². The van der Waals surface area contributed by atoms with Gasteiger partial charge in [-0.1, -0.05) is 83.9 Å². The smallest absolute Gasteiger partial charge is 0.302 e. The number of hydrogen-bond donors (Lipinski definition) is 0. The van der Waals surface area contributed by atoms with E-state index in [2.05, 4.69) is 67.2 Å². The first-order valence-corrected chi connectivity index (χ1v) is 14.0. The highest BCUT2D eigenvalue weighted by atomic mass is 16.5. The van der Waals surface area contributed by atoms with Gasteiger partial charge in [-0.15, -0.1) is 0 Å². The summed E-state index contributed by atoms with van der Waals surface area (Å²) in [6, 6.07) is 0. The summed E-state index contributed by atoms with van der Waals surface area (Å²) in [6.07, 6.45) is 13.7. The second kappa shape index (κ2) is 7.59. The van der Waals surface area contributed by atoms with Crippen LogP contribution >= 0.6 is 0 Å². The zero-order valence-corrected chi connectivity index (χ0v) is 23.1. The number of fused-ring (bicyclic) bond motifs is 7. The van der Waals surface area contributed by atoms with Crippen LogP contribution in [-0.2, 0) is 9.53 Å². The largest absolute Gasteiger partial charge is 0.462 e. The van der Waals surface area contributed by atoms with E-state index in [1.807, 2.05) is 0 Å². The van der Waals surface area contributed by atoms with Gasteiger partial charge in [0.05, 0.1) is 0 Å². The summed E-state index contributed by atoms with van der Waals surface area (Å²) < 4.78 is 5.86. The lowest BCUT2D eigenvalue weighted by atomic mass is 9.36. The van der Waals surface area contributed by atoms with Crippen LogP contribution in [0, 0.1) is 51.2 Å². The van der Waals surface area contributed by atoms with Crippen molar-refractivity contribution in [2.45, 2.75) is 106 Å². The number of ether oxygens (including phenoxy) is 1. The SMILES string of the molecule is C=C1C[C@@H](C)[C@H]2CC[C@]3(C)C(=CC[C@H]4[C@@]5(C)CC[C@@H](OC(C)=O)C(C)(C)C5=CC[C@]43C)[C@H]2[C@@H]1C. The molecule has 0 aromatic carbocycles. The van der Waals surface area contributed by atoms with E-state index in [-0.39, 0.29) is 33.7 Å². The summed E-state index contributed by atoms with van der Waals surface area (Å²) >= 11 is 0. The van der Waals surface area contributed by atoms with Gasteiger partial charge in [0.1, 0.15) is 6.10 Å². The minimum Gasteiger partial charge on any atom is -0.462 e. The average Bonchev–Trinajstić information content (AvgIpc) is 2.73. The minimum atomic E-state index is -0.144. The molecule has 5 rings (SSSR count). The number of carbonyl (C=O) groups excluding carboxylic acids is 1. The minimum absolute atomic E-state index is 0.00927. The van der Waals surface area contributed by atoms with E-state index in [4.69, 9.17) is 4.74 Å². The van der Waals surface area contributed by atoms with Gasteiger partial charge >= 0.3 is 5.97 Å². The van der Waals surface area contributed by atoms with Crippen LogP contribution in [0.15, 0.2) is 35.5 Å². The van der Waals surface area contributed by atoms with Crippen LogP contribution in [0.25, 0.3) is 0 Å². The van der Waals surface area contributed by atoms with Crippen LogP contribution < -0.4 is 0 Å². The van der Waals surface area contributed by atoms with E-state index in [0.29, 0.717) is 17.8 Å².